The van der Waals surface area contributed by atoms with Gasteiger partial charge in [-0.25, -0.2) is 0 Å². The Morgan fingerprint density at radius 1 is 1.17 bits per heavy atom. The number of nitrogens with one attached hydrogen (secondary N) is 2. The molecule has 5 heteroatoms. The second-order valence-corrected chi connectivity index (χ2v) is 5.72. The number of hydrogen-bond acceptors (Lipinski definition) is 3. The molecule has 0 aromatic heterocycles. The Labute approximate surface area is 146 Å². The average molecular weight is 340 g/mol. The van der Waals surface area contributed by atoms with Crippen LogP contribution in [0.1, 0.15) is 16.7 Å². The number of amides is 1. The topological polar surface area (TPSA) is 64.9 Å². The molecule has 2 rings (SSSR count). The van der Waals surface area contributed by atoms with E-state index in [0.717, 1.165) is 11.1 Å². The fourth-order valence-corrected chi connectivity index (χ4v) is 2.24. The first-order chi connectivity index (χ1) is 11.6. The van der Waals surface area contributed by atoms with Crippen LogP contribution in [0.3, 0.4) is 0 Å². The summed E-state index contributed by atoms with van der Waals surface area (Å²) in [6.07, 6.45) is 1.43. The minimum absolute atomic E-state index is 0.0224. The minimum Gasteiger partial charge on any atom is -0.386 e. The van der Waals surface area contributed by atoms with Crippen molar-refractivity contribution in [1.29, 1.82) is 5.26 Å². The van der Waals surface area contributed by atoms with Crippen LogP contribution in [0.15, 0.2) is 60.3 Å². The number of nitriles is 1. The summed E-state index contributed by atoms with van der Waals surface area (Å²) in [5.41, 5.74) is 3.09. The van der Waals surface area contributed by atoms with Gasteiger partial charge in [-0.15, -0.1) is 0 Å². The summed E-state index contributed by atoms with van der Waals surface area (Å²) in [7, 11) is 0. The van der Waals surface area contributed by atoms with E-state index in [-0.39, 0.29) is 12.1 Å². The van der Waals surface area contributed by atoms with Crippen molar-refractivity contribution in [1.82, 2.24) is 10.6 Å². The molecule has 0 fully saturated rings. The molecule has 0 aliphatic heterocycles. The minimum atomic E-state index is -0.436. The van der Waals surface area contributed by atoms with Gasteiger partial charge in [0, 0.05) is 24.3 Å². The number of rotatable bonds is 6. The summed E-state index contributed by atoms with van der Waals surface area (Å²) in [5, 5.41) is 15.4. The molecule has 2 N–H and O–H groups in total. The molecule has 0 bridgehead atoms. The van der Waals surface area contributed by atoms with E-state index in [4.69, 9.17) is 16.9 Å². The highest BCUT2D eigenvalue weighted by Crippen LogP contribution is 2.14. The summed E-state index contributed by atoms with van der Waals surface area (Å²) < 4.78 is 0. The number of hydrogen-bond donors (Lipinski definition) is 2. The van der Waals surface area contributed by atoms with Gasteiger partial charge in [-0.1, -0.05) is 59.6 Å². The van der Waals surface area contributed by atoms with E-state index in [9.17, 15) is 4.79 Å². The molecule has 2 aromatic carbocycles. The van der Waals surface area contributed by atoms with E-state index < -0.39 is 5.91 Å². The highest BCUT2D eigenvalue weighted by Gasteiger charge is 2.09. The molecule has 0 saturated carbocycles. The Morgan fingerprint density at radius 2 is 1.88 bits per heavy atom. The first-order valence-corrected chi connectivity index (χ1v) is 7.88. The van der Waals surface area contributed by atoms with E-state index in [1.807, 2.05) is 55.5 Å². The zero-order chi connectivity index (χ0) is 17.4. The monoisotopic (exact) mass is 339 g/mol. The first-order valence-electron chi connectivity index (χ1n) is 7.51. The van der Waals surface area contributed by atoms with Crippen LogP contribution in [0.25, 0.3) is 0 Å². The molecule has 0 unspecified atom stereocenters. The van der Waals surface area contributed by atoms with Crippen molar-refractivity contribution >= 4 is 17.5 Å². The summed E-state index contributed by atoms with van der Waals surface area (Å²) in [6.45, 7) is 2.84. The average Bonchev–Trinajstić information content (AvgIpc) is 2.59. The maximum atomic E-state index is 12.1. The maximum Gasteiger partial charge on any atom is 0.263 e. The summed E-state index contributed by atoms with van der Waals surface area (Å²) in [5.74, 6) is -0.436. The van der Waals surface area contributed by atoms with Crippen molar-refractivity contribution in [3.05, 3.63) is 82.0 Å². The standard InChI is InChI=1S/C19H18ClN3O/c1-14-6-8-15(9-7-14)11-22-12-17(10-21)19(24)23-13-16-4-2-3-5-18(16)20/h2-9,12,22H,11,13H2,1H3,(H,23,24)/b17-12-. The van der Waals surface area contributed by atoms with E-state index in [1.165, 1.54) is 11.8 Å². The number of aryl methyl sites for hydroxylation is 1. The normalized spacial score (nSPS) is 10.8. The second-order valence-electron chi connectivity index (χ2n) is 5.31. The van der Waals surface area contributed by atoms with Gasteiger partial charge in [-0.05, 0) is 24.1 Å². The van der Waals surface area contributed by atoms with Crippen LogP contribution in [0, 0.1) is 18.3 Å². The van der Waals surface area contributed by atoms with Gasteiger partial charge < -0.3 is 10.6 Å². The molecule has 122 valence electrons. The molecule has 2 aromatic rings. The Hall–Kier alpha value is -2.77. The van der Waals surface area contributed by atoms with Crippen molar-refractivity contribution in [2.75, 3.05) is 0 Å². The summed E-state index contributed by atoms with van der Waals surface area (Å²) in [6, 6.07) is 17.2. The molecule has 24 heavy (non-hydrogen) atoms. The summed E-state index contributed by atoms with van der Waals surface area (Å²) in [4.78, 5) is 12.1. The zero-order valence-electron chi connectivity index (χ0n) is 13.3. The molecular formula is C19H18ClN3O. The molecule has 0 heterocycles. The number of halogens is 1. The van der Waals surface area contributed by atoms with Crippen LogP contribution in [0.5, 0.6) is 0 Å². The third-order valence-electron chi connectivity index (χ3n) is 3.44. The Bertz CT molecular complexity index is 776. The number of carbonyl (C=O) groups is 1. The molecule has 0 saturated heterocycles. The van der Waals surface area contributed by atoms with Gasteiger partial charge in [0.25, 0.3) is 5.91 Å². The smallest absolute Gasteiger partial charge is 0.263 e. The zero-order valence-corrected chi connectivity index (χ0v) is 14.1. The van der Waals surface area contributed by atoms with E-state index in [2.05, 4.69) is 10.6 Å². The van der Waals surface area contributed by atoms with Gasteiger partial charge in [-0.3, -0.25) is 4.79 Å². The van der Waals surface area contributed by atoms with Gasteiger partial charge in [0.1, 0.15) is 11.6 Å². The maximum absolute atomic E-state index is 12.1. The Morgan fingerprint density at radius 3 is 2.54 bits per heavy atom. The summed E-state index contributed by atoms with van der Waals surface area (Å²) >= 11 is 6.04. The van der Waals surface area contributed by atoms with Crippen LogP contribution in [-0.4, -0.2) is 5.91 Å². The highest BCUT2D eigenvalue weighted by atomic mass is 35.5. The molecular weight excluding hydrogens is 322 g/mol. The lowest BCUT2D eigenvalue weighted by Gasteiger charge is -2.07. The first kappa shape index (κ1) is 17.6. The quantitative estimate of drug-likeness (QED) is 0.625. The van der Waals surface area contributed by atoms with E-state index >= 15 is 0 Å². The lowest BCUT2D eigenvalue weighted by atomic mass is 10.1. The van der Waals surface area contributed by atoms with Crippen molar-refractivity contribution < 1.29 is 4.79 Å². The van der Waals surface area contributed by atoms with Crippen molar-refractivity contribution in [2.45, 2.75) is 20.0 Å². The van der Waals surface area contributed by atoms with Crippen LogP contribution >= 0.6 is 11.6 Å². The largest absolute Gasteiger partial charge is 0.386 e. The molecule has 0 aliphatic rings. The lowest BCUT2D eigenvalue weighted by molar-refractivity contribution is -0.117. The third-order valence-corrected chi connectivity index (χ3v) is 3.80. The fourth-order valence-electron chi connectivity index (χ4n) is 2.04. The Balaban J connectivity index is 1.90. The highest BCUT2D eigenvalue weighted by molar-refractivity contribution is 6.31. The van der Waals surface area contributed by atoms with Crippen LogP contribution in [-0.2, 0) is 17.9 Å². The lowest BCUT2D eigenvalue weighted by Crippen LogP contribution is -2.25. The fraction of sp³-hybridized carbons (Fsp3) is 0.158. The van der Waals surface area contributed by atoms with Crippen LogP contribution in [0.2, 0.25) is 5.02 Å². The van der Waals surface area contributed by atoms with E-state index in [0.29, 0.717) is 11.6 Å². The van der Waals surface area contributed by atoms with Crippen molar-refractivity contribution in [3.8, 4) is 6.07 Å². The van der Waals surface area contributed by atoms with Gasteiger partial charge >= 0.3 is 0 Å². The second kappa shape index (κ2) is 8.76. The van der Waals surface area contributed by atoms with Gasteiger partial charge in [0.15, 0.2) is 0 Å². The van der Waals surface area contributed by atoms with Gasteiger partial charge in [0.2, 0.25) is 0 Å². The Kier molecular flexibility index (Phi) is 6.41. The number of benzene rings is 2. The van der Waals surface area contributed by atoms with Crippen molar-refractivity contribution in [2.24, 2.45) is 0 Å². The predicted octanol–water partition coefficient (Wildman–Crippen LogP) is 3.46. The molecule has 0 aliphatic carbocycles. The predicted molar refractivity (Wildman–Crippen MR) is 95.0 cm³/mol. The molecule has 0 atom stereocenters. The molecule has 1 amide bonds. The number of nitrogens with zero attached hydrogens (tertiary/aromatic N) is 1. The SMILES string of the molecule is Cc1ccc(CN/C=C(/C#N)C(=O)NCc2ccccc2Cl)cc1. The molecule has 0 spiro atoms. The molecule has 4 nitrogen and oxygen atoms in total. The van der Waals surface area contributed by atoms with E-state index in [1.54, 1.807) is 6.07 Å². The van der Waals surface area contributed by atoms with Crippen molar-refractivity contribution in [3.63, 3.8) is 0 Å². The van der Waals surface area contributed by atoms with Crippen LogP contribution in [0.4, 0.5) is 0 Å². The number of carbonyl (C=O) groups excluding carboxylic acids is 1. The third kappa shape index (κ3) is 5.15. The van der Waals surface area contributed by atoms with Crippen LogP contribution < -0.4 is 10.6 Å². The van der Waals surface area contributed by atoms with Gasteiger partial charge in [0.05, 0.1) is 0 Å². The van der Waals surface area contributed by atoms with Gasteiger partial charge in [-0.2, -0.15) is 5.26 Å². The molecule has 0 radical (unpaired) electrons.